The number of ether oxygens (including phenoxy) is 1. The molecule has 0 radical (unpaired) electrons. The third-order valence-electron chi connectivity index (χ3n) is 5.20. The zero-order valence-electron chi connectivity index (χ0n) is 16.1. The number of nitrogens with zero attached hydrogens (tertiary/aromatic N) is 4. The molecule has 2 aromatic carbocycles. The van der Waals surface area contributed by atoms with E-state index in [-0.39, 0.29) is 0 Å². The second-order valence-electron chi connectivity index (χ2n) is 7.11. The maximum Gasteiger partial charge on any atom is 0.228 e. The van der Waals surface area contributed by atoms with Crippen molar-refractivity contribution in [3.05, 3.63) is 66.4 Å². The Balaban J connectivity index is 1.48. The largest absolute Gasteiger partial charge is 0.463 e. The highest BCUT2D eigenvalue weighted by molar-refractivity contribution is 5.61. The van der Waals surface area contributed by atoms with Crippen molar-refractivity contribution in [3.8, 4) is 17.0 Å². The fourth-order valence-electron chi connectivity index (χ4n) is 3.56. The number of likely N-dealkylation sites (N-methyl/N-ethyl adjacent to an activating group) is 1. The van der Waals surface area contributed by atoms with Crippen LogP contribution in [0.1, 0.15) is 5.56 Å². The van der Waals surface area contributed by atoms with E-state index >= 15 is 0 Å². The normalized spacial score (nSPS) is 15.0. The number of halogens is 1. The minimum absolute atomic E-state index is 0.518. The number of piperazine rings is 1. The van der Waals surface area contributed by atoms with Gasteiger partial charge >= 0.3 is 0 Å². The Bertz CT molecular complexity index is 901. The molecule has 0 aliphatic carbocycles. The summed E-state index contributed by atoms with van der Waals surface area (Å²) in [4.78, 5) is 4.79. The summed E-state index contributed by atoms with van der Waals surface area (Å²) in [5.41, 5.74) is 4.40. The van der Waals surface area contributed by atoms with E-state index in [1.54, 1.807) is 12.3 Å². The van der Waals surface area contributed by atoms with E-state index in [0.29, 0.717) is 12.3 Å². The molecule has 28 heavy (non-hydrogen) atoms. The predicted molar refractivity (Wildman–Crippen MR) is 110 cm³/mol. The molecule has 0 bridgehead atoms. The van der Waals surface area contributed by atoms with Gasteiger partial charge in [-0.25, -0.2) is 4.39 Å². The van der Waals surface area contributed by atoms with Gasteiger partial charge in [-0.1, -0.05) is 24.3 Å². The number of hydrogen-bond acceptors (Lipinski definition) is 4. The number of rotatable bonds is 6. The Kier molecular flexibility index (Phi) is 5.58. The molecule has 2 heterocycles. The Morgan fingerprint density at radius 2 is 1.79 bits per heavy atom. The molecular weight excluding hydrogens is 355 g/mol. The maximum atomic E-state index is 12.5. The van der Waals surface area contributed by atoms with Gasteiger partial charge in [0.25, 0.3) is 0 Å². The third kappa shape index (κ3) is 4.17. The zero-order chi connectivity index (χ0) is 19.3. The van der Waals surface area contributed by atoms with Gasteiger partial charge in [-0.15, -0.1) is 0 Å². The lowest BCUT2D eigenvalue weighted by Gasteiger charge is -2.34. The summed E-state index contributed by atoms with van der Waals surface area (Å²) >= 11 is 0. The smallest absolute Gasteiger partial charge is 0.228 e. The summed E-state index contributed by atoms with van der Waals surface area (Å²) in [6.45, 7) is 4.18. The first-order valence-corrected chi connectivity index (χ1v) is 9.56. The molecule has 0 saturated carbocycles. The van der Waals surface area contributed by atoms with Crippen molar-refractivity contribution in [2.75, 3.05) is 45.0 Å². The van der Waals surface area contributed by atoms with Crippen LogP contribution in [0.3, 0.4) is 0 Å². The van der Waals surface area contributed by atoms with Gasteiger partial charge in [-0.3, -0.25) is 4.68 Å². The topological polar surface area (TPSA) is 33.5 Å². The second-order valence-corrected chi connectivity index (χ2v) is 7.11. The van der Waals surface area contributed by atoms with Gasteiger partial charge in [-0.2, -0.15) is 5.10 Å². The first-order valence-electron chi connectivity index (χ1n) is 9.56. The van der Waals surface area contributed by atoms with Crippen molar-refractivity contribution >= 4 is 5.69 Å². The van der Waals surface area contributed by atoms with Crippen molar-refractivity contribution < 1.29 is 9.13 Å². The molecule has 4 rings (SSSR count). The number of hydrogen-bond donors (Lipinski definition) is 0. The van der Waals surface area contributed by atoms with Crippen LogP contribution in [-0.4, -0.2) is 54.8 Å². The molecule has 1 fully saturated rings. The lowest BCUT2D eigenvalue weighted by molar-refractivity contribution is 0.192. The summed E-state index contributed by atoms with van der Waals surface area (Å²) in [7, 11) is 2.17. The van der Waals surface area contributed by atoms with Crippen molar-refractivity contribution in [2.45, 2.75) is 6.54 Å². The average molecular weight is 380 g/mol. The summed E-state index contributed by atoms with van der Waals surface area (Å²) in [5.74, 6) is 0.518. The monoisotopic (exact) mass is 380 g/mol. The highest BCUT2D eigenvalue weighted by Gasteiger charge is 2.14. The Morgan fingerprint density at radius 1 is 1.00 bits per heavy atom. The van der Waals surface area contributed by atoms with Crippen LogP contribution < -0.4 is 9.64 Å². The molecule has 1 aliphatic rings. The highest BCUT2D eigenvalue weighted by atomic mass is 19.1. The molecule has 3 aromatic rings. The Labute approximate surface area is 165 Å². The number of benzene rings is 2. The van der Waals surface area contributed by atoms with E-state index in [2.05, 4.69) is 46.2 Å². The van der Waals surface area contributed by atoms with Gasteiger partial charge in [-0.05, 0) is 42.9 Å². The van der Waals surface area contributed by atoms with Crippen LogP contribution in [0.4, 0.5) is 10.1 Å². The average Bonchev–Trinajstić information content (AvgIpc) is 3.18. The van der Waals surface area contributed by atoms with E-state index in [0.717, 1.165) is 37.4 Å². The molecule has 1 aromatic heterocycles. The van der Waals surface area contributed by atoms with Crippen molar-refractivity contribution in [2.24, 2.45) is 0 Å². The second kappa shape index (κ2) is 8.44. The van der Waals surface area contributed by atoms with Crippen molar-refractivity contribution in [1.82, 2.24) is 14.7 Å². The molecular formula is C22H25FN4O. The summed E-state index contributed by atoms with van der Waals surface area (Å²) in [6, 6.07) is 18.1. The number of aromatic nitrogens is 2. The quantitative estimate of drug-likeness (QED) is 0.654. The molecule has 0 N–H and O–H groups in total. The van der Waals surface area contributed by atoms with E-state index < -0.39 is 6.86 Å². The number of alkyl halides is 1. The number of anilines is 1. The highest BCUT2D eigenvalue weighted by Crippen LogP contribution is 2.25. The molecule has 5 nitrogen and oxygen atoms in total. The molecule has 6 heteroatoms. The van der Waals surface area contributed by atoms with Crippen LogP contribution in [0.5, 0.6) is 5.75 Å². The minimum atomic E-state index is -0.831. The van der Waals surface area contributed by atoms with Crippen LogP contribution >= 0.6 is 0 Å². The van der Waals surface area contributed by atoms with E-state index in [9.17, 15) is 4.39 Å². The van der Waals surface area contributed by atoms with Crippen LogP contribution in [0.15, 0.2) is 60.8 Å². The maximum absolute atomic E-state index is 12.5. The van der Waals surface area contributed by atoms with Crippen molar-refractivity contribution in [1.29, 1.82) is 0 Å². The lowest BCUT2D eigenvalue weighted by atomic mass is 10.1. The lowest BCUT2D eigenvalue weighted by Crippen LogP contribution is -2.44. The van der Waals surface area contributed by atoms with Gasteiger partial charge in [0, 0.05) is 43.6 Å². The van der Waals surface area contributed by atoms with Gasteiger partial charge in [0.2, 0.25) is 6.86 Å². The molecule has 0 spiro atoms. The summed E-state index contributed by atoms with van der Waals surface area (Å²) in [5, 5.41) is 4.47. The third-order valence-corrected chi connectivity index (χ3v) is 5.20. The van der Waals surface area contributed by atoms with Crippen molar-refractivity contribution in [3.63, 3.8) is 0 Å². The molecule has 1 aliphatic heterocycles. The fraction of sp³-hybridized carbons (Fsp3) is 0.318. The van der Waals surface area contributed by atoms with Gasteiger partial charge in [0.05, 0.1) is 12.2 Å². The summed E-state index contributed by atoms with van der Waals surface area (Å²) < 4.78 is 19.4. The molecule has 1 saturated heterocycles. The van der Waals surface area contributed by atoms with E-state index in [1.165, 1.54) is 11.3 Å². The Morgan fingerprint density at radius 3 is 2.54 bits per heavy atom. The molecule has 0 amide bonds. The van der Waals surface area contributed by atoms with Gasteiger partial charge < -0.3 is 14.5 Å². The van der Waals surface area contributed by atoms with Crippen LogP contribution in [-0.2, 0) is 6.54 Å². The van der Waals surface area contributed by atoms with Crippen LogP contribution in [0, 0.1) is 0 Å². The van der Waals surface area contributed by atoms with E-state index in [1.807, 2.05) is 28.9 Å². The fourth-order valence-corrected chi connectivity index (χ4v) is 3.56. The summed E-state index contributed by atoms with van der Waals surface area (Å²) in [6.07, 6.45) is 1.79. The Hall–Kier alpha value is -2.86. The predicted octanol–water partition coefficient (Wildman–Crippen LogP) is 3.66. The van der Waals surface area contributed by atoms with Gasteiger partial charge in [0.1, 0.15) is 5.75 Å². The molecule has 146 valence electrons. The van der Waals surface area contributed by atoms with Crippen LogP contribution in [0.25, 0.3) is 11.3 Å². The first-order chi connectivity index (χ1) is 13.7. The minimum Gasteiger partial charge on any atom is -0.463 e. The standard InChI is InChI=1S/C22H25FN4O/c1-25-11-13-26(14-12-25)20-7-5-18(6-8-20)16-27-22(9-10-24-27)19-3-2-4-21(15-19)28-17-23/h2-10,15H,11-14,16-17H2,1H3. The first kappa shape index (κ1) is 18.5. The van der Waals surface area contributed by atoms with Crippen LogP contribution in [0.2, 0.25) is 0 Å². The molecule has 0 atom stereocenters. The molecule has 0 unspecified atom stereocenters. The zero-order valence-corrected chi connectivity index (χ0v) is 16.1. The SMILES string of the molecule is CN1CCN(c2ccc(Cn3nccc3-c3cccc(OCF)c3)cc2)CC1. The van der Waals surface area contributed by atoms with Gasteiger partial charge in [0.15, 0.2) is 0 Å². The van der Waals surface area contributed by atoms with E-state index in [4.69, 9.17) is 4.74 Å².